The highest BCUT2D eigenvalue weighted by molar-refractivity contribution is 7.89. The van der Waals surface area contributed by atoms with E-state index in [2.05, 4.69) is 19.4 Å². The van der Waals surface area contributed by atoms with Crippen molar-refractivity contribution < 1.29 is 72.1 Å². The van der Waals surface area contributed by atoms with Gasteiger partial charge < -0.3 is 19.3 Å². The predicted octanol–water partition coefficient (Wildman–Crippen LogP) is 11.2. The zero-order valence-corrected chi connectivity index (χ0v) is 43.0. The van der Waals surface area contributed by atoms with Gasteiger partial charge in [0.25, 0.3) is 20.0 Å². The molecule has 14 nitrogen and oxygen atoms in total. The summed E-state index contributed by atoms with van der Waals surface area (Å²) in [6.45, 7) is 4.53. The number of halogens is 6. The number of ether oxygens (including phenoxy) is 3. The molecule has 0 radical (unpaired) electrons. The number of nitrogens with one attached hydrogen (secondary N) is 2. The minimum absolute atomic E-state index is 0.244. The summed E-state index contributed by atoms with van der Waals surface area (Å²) in [6.07, 6.45) is -1.09. The van der Waals surface area contributed by atoms with Crippen LogP contribution in [0.5, 0.6) is 11.5 Å². The lowest BCUT2D eigenvalue weighted by Crippen LogP contribution is -2.30. The van der Waals surface area contributed by atoms with E-state index < -0.39 is 79.8 Å². The minimum Gasteiger partial charge on any atom is -0.482 e. The van der Waals surface area contributed by atoms with Crippen LogP contribution in [-0.2, 0) is 59.6 Å². The number of esters is 1. The lowest BCUT2D eigenvalue weighted by Gasteiger charge is -2.22. The summed E-state index contributed by atoms with van der Waals surface area (Å²) in [6, 6.07) is 24.2. The van der Waals surface area contributed by atoms with Crippen molar-refractivity contribution in [2.45, 2.75) is 112 Å². The van der Waals surface area contributed by atoms with Gasteiger partial charge in [-0.1, -0.05) is 61.4 Å². The maximum atomic E-state index is 13.3. The van der Waals surface area contributed by atoms with Crippen molar-refractivity contribution in [3.63, 3.8) is 0 Å². The molecule has 0 saturated heterocycles. The molecule has 0 bridgehead atoms. The molecule has 0 aliphatic heterocycles. The van der Waals surface area contributed by atoms with E-state index in [9.17, 15) is 52.8 Å². The Morgan fingerprint density at radius 1 is 0.579 bits per heavy atom. The van der Waals surface area contributed by atoms with E-state index in [0.29, 0.717) is 53.9 Å². The third-order valence-electron chi connectivity index (χ3n) is 12.2. The van der Waals surface area contributed by atoms with Crippen LogP contribution in [0.1, 0.15) is 105 Å². The largest absolute Gasteiger partial charge is 0.482 e. The van der Waals surface area contributed by atoms with Gasteiger partial charge in [-0.25, -0.2) is 45.8 Å². The van der Waals surface area contributed by atoms with Gasteiger partial charge in [-0.3, -0.25) is 0 Å². The second-order valence-corrected chi connectivity index (χ2v) is 22.3. The van der Waals surface area contributed by atoms with Crippen molar-refractivity contribution in [2.24, 2.45) is 0 Å². The Kier molecular flexibility index (Phi) is 17.6. The highest BCUT2D eigenvalue weighted by Crippen LogP contribution is 2.38. The molecule has 2 atom stereocenters. The number of sulfonamides is 2. The zero-order valence-electron chi connectivity index (χ0n) is 41.4. The topological polar surface area (TPSA) is 200 Å². The molecule has 6 aromatic rings. The third kappa shape index (κ3) is 14.9. The summed E-state index contributed by atoms with van der Waals surface area (Å²) in [5.74, 6) is -0.712. The van der Waals surface area contributed by atoms with Crippen LogP contribution in [-0.4, -0.2) is 62.7 Å². The summed E-state index contributed by atoms with van der Waals surface area (Å²) in [5, 5.41) is 8.43. The number of fused-ring (bicyclic) bond motifs is 2. The van der Waals surface area contributed by atoms with Crippen LogP contribution >= 0.6 is 0 Å². The lowest BCUT2D eigenvalue weighted by atomic mass is 9.99. The SMILES string of the molecule is CC(C)(C)OC(=O)COc1cccc2c1CCCCC2NS(=O)(=O)c1ccc(-c2cccc(C(F)(F)F)c2)cn1.O=C(O)COc1cccc2c1CCCCC2NS(=O)(=O)c1ccc(-c2cccc(C(F)(F)F)c2)cn1. The molecular weight excluding hydrogens is 1040 g/mol. The number of aliphatic carboxylic acids is 1. The summed E-state index contributed by atoms with van der Waals surface area (Å²) in [5.41, 5.74) is 2.04. The van der Waals surface area contributed by atoms with Crippen LogP contribution in [0.15, 0.2) is 132 Å². The van der Waals surface area contributed by atoms with Crippen molar-refractivity contribution in [3.05, 3.63) is 155 Å². The molecule has 2 heterocycles. The first kappa shape index (κ1) is 56.8. The van der Waals surface area contributed by atoms with Crippen molar-refractivity contribution in [2.75, 3.05) is 13.2 Å². The van der Waals surface area contributed by atoms with Gasteiger partial charge in [0, 0.05) is 35.6 Å². The number of nitrogens with zero attached hydrogens (tertiary/aromatic N) is 2. The maximum absolute atomic E-state index is 13.3. The molecule has 2 aliphatic carbocycles. The number of carbonyl (C=O) groups is 2. The van der Waals surface area contributed by atoms with E-state index in [4.69, 9.17) is 19.3 Å². The van der Waals surface area contributed by atoms with Gasteiger partial charge in [-0.15, -0.1) is 0 Å². The number of carboxylic acids is 1. The third-order valence-corrected chi connectivity index (χ3v) is 15.0. The lowest BCUT2D eigenvalue weighted by molar-refractivity contribution is -0.157. The zero-order chi connectivity index (χ0) is 55.1. The van der Waals surface area contributed by atoms with Crippen molar-refractivity contribution in [1.82, 2.24) is 19.4 Å². The highest BCUT2D eigenvalue weighted by Gasteiger charge is 2.33. The molecule has 2 aromatic heterocycles. The predicted molar refractivity (Wildman–Crippen MR) is 268 cm³/mol. The second-order valence-electron chi connectivity index (χ2n) is 19.0. The van der Waals surface area contributed by atoms with Gasteiger partial charge >= 0.3 is 24.3 Å². The maximum Gasteiger partial charge on any atom is 0.416 e. The Balaban J connectivity index is 0.000000222. The average Bonchev–Trinajstić information content (AvgIpc) is 3.71. The first-order valence-corrected chi connectivity index (χ1v) is 27.0. The molecule has 76 heavy (non-hydrogen) atoms. The number of carboxylic acid groups (broad SMARTS) is 1. The number of carbonyl (C=O) groups excluding carboxylic acids is 1. The fraction of sp³-hybridized carbons (Fsp3) is 0.333. The highest BCUT2D eigenvalue weighted by atomic mass is 32.2. The van der Waals surface area contributed by atoms with Crippen molar-refractivity contribution >= 4 is 32.0 Å². The van der Waals surface area contributed by atoms with Crippen LogP contribution < -0.4 is 18.9 Å². The van der Waals surface area contributed by atoms with Crippen LogP contribution in [0, 0.1) is 0 Å². The summed E-state index contributed by atoms with van der Waals surface area (Å²) in [7, 11) is -8.13. The van der Waals surface area contributed by atoms with Gasteiger partial charge in [0.05, 0.1) is 11.1 Å². The molecule has 22 heteroatoms. The normalized spacial score (nSPS) is 16.1. The molecule has 0 amide bonds. The van der Waals surface area contributed by atoms with E-state index in [1.807, 2.05) is 6.07 Å². The fourth-order valence-electron chi connectivity index (χ4n) is 8.79. The van der Waals surface area contributed by atoms with Crippen LogP contribution in [0.2, 0.25) is 0 Å². The van der Waals surface area contributed by atoms with Gasteiger partial charge in [0.15, 0.2) is 23.3 Å². The van der Waals surface area contributed by atoms with E-state index >= 15 is 0 Å². The number of hydrogen-bond acceptors (Lipinski definition) is 11. The minimum atomic E-state index is -4.50. The summed E-state index contributed by atoms with van der Waals surface area (Å²) >= 11 is 0. The van der Waals surface area contributed by atoms with E-state index in [1.165, 1.54) is 60.9 Å². The number of benzene rings is 4. The van der Waals surface area contributed by atoms with Crippen molar-refractivity contribution in [1.29, 1.82) is 0 Å². The molecule has 0 spiro atoms. The Morgan fingerprint density at radius 2 is 1.00 bits per heavy atom. The molecule has 8 rings (SSSR count). The van der Waals surface area contributed by atoms with Crippen molar-refractivity contribution in [3.8, 4) is 33.8 Å². The molecule has 2 aliphatic rings. The van der Waals surface area contributed by atoms with Gasteiger partial charge in [0.2, 0.25) is 0 Å². The quantitative estimate of drug-likeness (QED) is 0.0530. The van der Waals surface area contributed by atoms with Gasteiger partial charge in [-0.05, 0) is 153 Å². The molecule has 2 unspecified atom stereocenters. The summed E-state index contributed by atoms with van der Waals surface area (Å²) in [4.78, 5) is 31.1. The van der Waals surface area contributed by atoms with E-state index in [0.717, 1.165) is 66.6 Å². The Hall–Kier alpha value is -6.88. The first-order valence-electron chi connectivity index (χ1n) is 24.0. The smallest absolute Gasteiger partial charge is 0.416 e. The molecule has 404 valence electrons. The number of pyridine rings is 2. The fourth-order valence-corrected chi connectivity index (χ4v) is 11.2. The standard InChI is InChI=1S/C29H31F3N2O5S.C25H23F3N2O5S/c1-28(2,3)39-27(35)18-38-25-13-7-11-22-23(25)10-4-5-12-24(22)34-40(36,37)26-15-14-20(17-33-26)19-8-6-9-21(16-19)29(30,31)32;26-25(27,28)18-6-3-5-16(13-18)17-11-12-23(29-14-17)36(33,34)30-21-9-2-1-7-20-19(21)8-4-10-22(20)35-15-24(31)32/h6-9,11,13-17,24,34H,4-5,10,12,18H2,1-3H3;3-6,8,10-14,21,30H,1-2,7,9,15H2,(H,31,32). The Bertz CT molecular complexity index is 3260. The molecule has 0 saturated carbocycles. The average molecular weight is 1100 g/mol. The van der Waals surface area contributed by atoms with Crippen LogP contribution in [0.4, 0.5) is 26.3 Å². The van der Waals surface area contributed by atoms with Gasteiger partial charge in [0.1, 0.15) is 17.1 Å². The van der Waals surface area contributed by atoms with Gasteiger partial charge in [-0.2, -0.15) is 26.3 Å². The number of alkyl halides is 6. The van der Waals surface area contributed by atoms with E-state index in [1.54, 1.807) is 51.1 Å². The number of aromatic nitrogens is 2. The number of hydrogen-bond donors (Lipinski definition) is 3. The molecule has 4 aromatic carbocycles. The second kappa shape index (κ2) is 23.6. The monoisotopic (exact) mass is 1100 g/mol. The molecule has 3 N–H and O–H groups in total. The van der Waals surface area contributed by atoms with Crippen LogP contribution in [0.25, 0.3) is 22.3 Å². The van der Waals surface area contributed by atoms with Crippen LogP contribution in [0.3, 0.4) is 0 Å². The van der Waals surface area contributed by atoms with E-state index in [-0.39, 0.29) is 27.8 Å². The Labute approximate surface area is 436 Å². The molecule has 0 fully saturated rings. The first-order chi connectivity index (χ1) is 35.8. The Morgan fingerprint density at radius 3 is 1.38 bits per heavy atom. The molecular formula is C54H54F6N4O10S2. The summed E-state index contributed by atoms with van der Waals surface area (Å²) < 4.78 is 153. The number of rotatable bonds is 14.